The Morgan fingerprint density at radius 2 is 2.27 bits per heavy atom. The molecule has 1 aliphatic carbocycles. The highest BCUT2D eigenvalue weighted by Gasteiger charge is 2.64. The van der Waals surface area contributed by atoms with E-state index in [4.69, 9.17) is 30.5 Å². The van der Waals surface area contributed by atoms with E-state index in [1.165, 1.54) is 0 Å². The first-order chi connectivity index (χ1) is 10.7. The lowest BCUT2D eigenvalue weighted by molar-refractivity contribution is -0.145. The van der Waals surface area contributed by atoms with Crippen LogP contribution >= 0.6 is 11.6 Å². The molecule has 22 heavy (non-hydrogen) atoms. The number of esters is 1. The van der Waals surface area contributed by atoms with Crippen molar-refractivity contribution in [2.45, 2.75) is 31.7 Å². The molecular formula is C16H17ClO5. The summed E-state index contributed by atoms with van der Waals surface area (Å²) in [4.78, 5) is 12.0. The Hall–Kier alpha value is -1.30. The average Bonchev–Trinajstić information content (AvgIpc) is 3.40. The summed E-state index contributed by atoms with van der Waals surface area (Å²) in [5.74, 6) is 0.335. The smallest absolute Gasteiger partial charge is 0.313 e. The van der Waals surface area contributed by atoms with Gasteiger partial charge in [0.25, 0.3) is 0 Å². The molecule has 2 aliphatic heterocycles. The van der Waals surface area contributed by atoms with Gasteiger partial charge in [0.15, 0.2) is 0 Å². The summed E-state index contributed by atoms with van der Waals surface area (Å²) in [6, 6.07) is 3.76. The fraction of sp³-hybridized carbons (Fsp3) is 0.562. The van der Waals surface area contributed by atoms with Crippen LogP contribution < -0.4 is 4.74 Å². The molecule has 1 saturated carbocycles. The Bertz CT molecular complexity index is 613. The maximum atomic E-state index is 12.0. The number of halogens is 1. The highest BCUT2D eigenvalue weighted by Crippen LogP contribution is 2.61. The van der Waals surface area contributed by atoms with Crippen molar-refractivity contribution >= 4 is 17.6 Å². The molecular weight excluding hydrogens is 308 g/mol. The van der Waals surface area contributed by atoms with Crippen LogP contribution in [0.3, 0.4) is 0 Å². The van der Waals surface area contributed by atoms with E-state index in [2.05, 4.69) is 0 Å². The van der Waals surface area contributed by atoms with Crippen LogP contribution in [-0.4, -0.2) is 38.0 Å². The van der Waals surface area contributed by atoms with Gasteiger partial charge in [-0.1, -0.05) is 17.7 Å². The lowest BCUT2D eigenvalue weighted by Crippen LogP contribution is -2.14. The number of ether oxygens (including phenoxy) is 4. The number of hydrogen-bond acceptors (Lipinski definition) is 5. The molecule has 6 heteroatoms. The van der Waals surface area contributed by atoms with Crippen LogP contribution in [0.2, 0.25) is 5.02 Å². The summed E-state index contributed by atoms with van der Waals surface area (Å²) < 4.78 is 21.8. The molecule has 0 N–H and O–H groups in total. The van der Waals surface area contributed by atoms with Gasteiger partial charge in [-0.2, -0.15) is 0 Å². The third-order valence-corrected chi connectivity index (χ3v) is 4.60. The monoisotopic (exact) mass is 324 g/mol. The number of hydrogen-bond donors (Lipinski definition) is 0. The Morgan fingerprint density at radius 3 is 3.00 bits per heavy atom. The van der Waals surface area contributed by atoms with Crippen molar-refractivity contribution in [1.29, 1.82) is 0 Å². The zero-order valence-electron chi connectivity index (χ0n) is 12.2. The second-order valence-electron chi connectivity index (χ2n) is 5.81. The Kier molecular flexibility index (Phi) is 3.51. The molecule has 0 radical (unpaired) electrons. The topological polar surface area (TPSA) is 57.3 Å². The van der Waals surface area contributed by atoms with E-state index >= 15 is 0 Å². The van der Waals surface area contributed by atoms with Crippen LogP contribution in [0.5, 0.6) is 5.75 Å². The lowest BCUT2D eigenvalue weighted by atomic mass is 10.0. The SMILES string of the molecule is CCOC(=O)C1C2Oc3c(Cl)ccc(COC[C@H]4CO4)c3C21. The van der Waals surface area contributed by atoms with Crippen molar-refractivity contribution in [3.63, 3.8) is 0 Å². The van der Waals surface area contributed by atoms with Crippen LogP contribution in [-0.2, 0) is 25.6 Å². The van der Waals surface area contributed by atoms with Crippen LogP contribution in [0, 0.1) is 5.92 Å². The Balaban J connectivity index is 1.53. The fourth-order valence-corrected chi connectivity index (χ4v) is 3.33. The highest BCUT2D eigenvalue weighted by atomic mass is 35.5. The van der Waals surface area contributed by atoms with Crippen LogP contribution in [0.1, 0.15) is 24.0 Å². The van der Waals surface area contributed by atoms with Gasteiger partial charge >= 0.3 is 5.97 Å². The maximum absolute atomic E-state index is 12.0. The van der Waals surface area contributed by atoms with E-state index in [1.807, 2.05) is 12.1 Å². The molecule has 0 bridgehead atoms. The molecule has 3 unspecified atom stereocenters. The first-order valence-corrected chi connectivity index (χ1v) is 7.92. The minimum absolute atomic E-state index is 0.0449. The zero-order valence-corrected chi connectivity index (χ0v) is 13.0. The largest absolute Gasteiger partial charge is 0.487 e. The van der Waals surface area contributed by atoms with Gasteiger partial charge in [0, 0.05) is 11.5 Å². The first kappa shape index (κ1) is 14.3. The predicted molar refractivity (Wildman–Crippen MR) is 78.1 cm³/mol. The maximum Gasteiger partial charge on any atom is 0.313 e. The molecule has 0 amide bonds. The van der Waals surface area contributed by atoms with Gasteiger partial charge in [-0.3, -0.25) is 4.79 Å². The van der Waals surface area contributed by atoms with E-state index in [1.54, 1.807) is 6.92 Å². The average molecular weight is 325 g/mol. The Labute approximate surface area is 133 Å². The van der Waals surface area contributed by atoms with Crippen LogP contribution in [0.25, 0.3) is 0 Å². The highest BCUT2D eigenvalue weighted by molar-refractivity contribution is 6.32. The van der Waals surface area contributed by atoms with Crippen molar-refractivity contribution in [3.8, 4) is 5.75 Å². The van der Waals surface area contributed by atoms with Gasteiger partial charge in [-0.05, 0) is 18.6 Å². The van der Waals surface area contributed by atoms with E-state index in [9.17, 15) is 4.79 Å². The second kappa shape index (κ2) is 5.41. The van der Waals surface area contributed by atoms with E-state index in [0.29, 0.717) is 30.6 Å². The Morgan fingerprint density at radius 1 is 1.45 bits per heavy atom. The van der Waals surface area contributed by atoms with E-state index < -0.39 is 0 Å². The van der Waals surface area contributed by atoms with E-state index in [-0.39, 0.29) is 30.0 Å². The number of epoxide rings is 1. The fourth-order valence-electron chi connectivity index (χ4n) is 3.12. The molecule has 1 saturated heterocycles. The van der Waals surface area contributed by atoms with Crippen molar-refractivity contribution in [2.24, 2.45) is 5.92 Å². The van der Waals surface area contributed by atoms with Gasteiger partial charge < -0.3 is 18.9 Å². The molecule has 5 nitrogen and oxygen atoms in total. The summed E-state index contributed by atoms with van der Waals surface area (Å²) in [7, 11) is 0. The molecule has 4 atom stereocenters. The molecule has 0 aromatic heterocycles. The number of carbonyl (C=O) groups excluding carboxylic acids is 1. The summed E-state index contributed by atoms with van der Waals surface area (Å²) >= 11 is 6.21. The quantitative estimate of drug-likeness (QED) is 0.593. The molecule has 0 spiro atoms. The molecule has 1 aromatic carbocycles. The van der Waals surface area contributed by atoms with Crippen molar-refractivity contribution < 1.29 is 23.7 Å². The minimum Gasteiger partial charge on any atom is -0.487 e. The van der Waals surface area contributed by atoms with Crippen LogP contribution in [0.15, 0.2) is 12.1 Å². The standard InChI is InChI=1S/C16H17ClO5/c1-2-20-16(18)13-12-11-8(5-19-6-9-7-21-9)3-4-10(17)14(11)22-15(12)13/h3-4,9,12-13,15H,2,5-7H2,1H3/t9-,12?,13?,15?/m0/s1. The molecule has 4 rings (SSSR count). The predicted octanol–water partition coefficient (Wildman–Crippen LogP) is 2.29. The van der Waals surface area contributed by atoms with Crippen molar-refractivity contribution in [1.82, 2.24) is 0 Å². The molecule has 2 heterocycles. The number of fused-ring (bicyclic) bond motifs is 3. The van der Waals surface area contributed by atoms with Gasteiger partial charge in [0.2, 0.25) is 0 Å². The third-order valence-electron chi connectivity index (χ3n) is 4.30. The number of carbonyl (C=O) groups is 1. The second-order valence-corrected chi connectivity index (χ2v) is 6.21. The van der Waals surface area contributed by atoms with Crippen LogP contribution in [0.4, 0.5) is 0 Å². The van der Waals surface area contributed by atoms with Gasteiger partial charge in [-0.25, -0.2) is 0 Å². The van der Waals surface area contributed by atoms with Gasteiger partial charge in [0.05, 0.1) is 31.5 Å². The molecule has 1 aromatic rings. The number of benzene rings is 1. The minimum atomic E-state index is -0.212. The zero-order chi connectivity index (χ0) is 15.3. The van der Waals surface area contributed by atoms with Crippen molar-refractivity contribution in [3.05, 3.63) is 28.3 Å². The summed E-state index contributed by atoms with van der Waals surface area (Å²) in [5, 5.41) is 0.582. The summed E-state index contributed by atoms with van der Waals surface area (Å²) in [5.41, 5.74) is 2.03. The first-order valence-electron chi connectivity index (χ1n) is 7.54. The normalized spacial score (nSPS) is 30.3. The summed E-state index contributed by atoms with van der Waals surface area (Å²) in [6.45, 7) is 4.03. The van der Waals surface area contributed by atoms with Crippen molar-refractivity contribution in [2.75, 3.05) is 19.8 Å². The van der Waals surface area contributed by atoms with E-state index in [0.717, 1.165) is 17.7 Å². The van der Waals surface area contributed by atoms with Gasteiger partial charge in [0.1, 0.15) is 23.9 Å². The molecule has 2 fully saturated rings. The number of rotatable bonds is 6. The molecule has 3 aliphatic rings. The summed E-state index contributed by atoms with van der Waals surface area (Å²) in [6.07, 6.45) is 0.0945. The lowest BCUT2D eigenvalue weighted by Gasteiger charge is -2.13. The van der Waals surface area contributed by atoms with Gasteiger partial charge in [-0.15, -0.1) is 0 Å². The molecule has 118 valence electrons. The third kappa shape index (κ3) is 2.37.